The van der Waals surface area contributed by atoms with Gasteiger partial charge in [0.2, 0.25) is 0 Å². The van der Waals surface area contributed by atoms with Crippen LogP contribution in [0.4, 0.5) is 0 Å². The lowest BCUT2D eigenvalue weighted by molar-refractivity contribution is -0.150. The Morgan fingerprint density at radius 1 is 1.29 bits per heavy atom. The normalized spacial score (nSPS) is 18.9. The van der Waals surface area contributed by atoms with Crippen molar-refractivity contribution in [1.29, 1.82) is 0 Å². The number of hydrogen-bond acceptors (Lipinski definition) is 2. The van der Waals surface area contributed by atoms with Gasteiger partial charge in [0.15, 0.2) is 0 Å². The highest BCUT2D eigenvalue weighted by Gasteiger charge is 2.39. The molecule has 0 amide bonds. The highest BCUT2D eigenvalue weighted by atomic mass is 79.9. The fourth-order valence-corrected chi connectivity index (χ4v) is 2.63. The molecule has 2 rings (SSSR count). The van der Waals surface area contributed by atoms with E-state index in [1.165, 1.54) is 0 Å². The first-order valence-corrected chi connectivity index (χ1v) is 6.60. The van der Waals surface area contributed by atoms with Crippen molar-refractivity contribution < 1.29 is 9.90 Å². The molecule has 1 aromatic carbocycles. The van der Waals surface area contributed by atoms with Crippen molar-refractivity contribution in [2.75, 3.05) is 13.1 Å². The maximum atomic E-state index is 11.5. The number of hydrogen-bond donors (Lipinski definition) is 2. The second kappa shape index (κ2) is 5.19. The van der Waals surface area contributed by atoms with E-state index in [0.717, 1.165) is 23.1 Å². The number of rotatable bonds is 3. The van der Waals surface area contributed by atoms with Crippen LogP contribution in [0.3, 0.4) is 0 Å². The van der Waals surface area contributed by atoms with Gasteiger partial charge >= 0.3 is 5.97 Å². The Morgan fingerprint density at radius 3 is 2.41 bits per heavy atom. The maximum absolute atomic E-state index is 11.5. The van der Waals surface area contributed by atoms with Gasteiger partial charge in [-0.3, -0.25) is 4.79 Å². The zero-order valence-electron chi connectivity index (χ0n) is 9.58. The van der Waals surface area contributed by atoms with Crippen LogP contribution in [0.5, 0.6) is 0 Å². The molecule has 2 N–H and O–H groups in total. The van der Waals surface area contributed by atoms with Crippen molar-refractivity contribution in [3.05, 3.63) is 34.3 Å². The summed E-state index contributed by atoms with van der Waals surface area (Å²) in [7, 11) is 0. The zero-order valence-corrected chi connectivity index (χ0v) is 11.2. The Morgan fingerprint density at radius 2 is 1.88 bits per heavy atom. The molecule has 0 saturated carbocycles. The molecule has 0 spiro atoms. The molecule has 17 heavy (non-hydrogen) atoms. The van der Waals surface area contributed by atoms with Crippen molar-refractivity contribution in [2.45, 2.75) is 19.3 Å². The standard InChI is InChI=1S/C13H16BrNO2/c14-11-3-1-10(2-4-11)9-13(12(16)17)5-7-15-8-6-13/h1-4,15H,5-9H2,(H,16,17). The number of halogens is 1. The molecule has 3 nitrogen and oxygen atoms in total. The van der Waals surface area contributed by atoms with Crippen LogP contribution in [0.2, 0.25) is 0 Å². The van der Waals surface area contributed by atoms with Gasteiger partial charge in [-0.15, -0.1) is 0 Å². The predicted molar refractivity (Wildman–Crippen MR) is 70.0 cm³/mol. The van der Waals surface area contributed by atoms with Crippen LogP contribution in [0.15, 0.2) is 28.7 Å². The summed E-state index contributed by atoms with van der Waals surface area (Å²) in [6.07, 6.45) is 2.04. The molecule has 0 atom stereocenters. The fourth-order valence-electron chi connectivity index (χ4n) is 2.36. The van der Waals surface area contributed by atoms with Crippen LogP contribution < -0.4 is 5.32 Å². The summed E-state index contributed by atoms with van der Waals surface area (Å²) in [4.78, 5) is 11.5. The summed E-state index contributed by atoms with van der Waals surface area (Å²) in [5.41, 5.74) is 0.511. The largest absolute Gasteiger partial charge is 0.481 e. The summed E-state index contributed by atoms with van der Waals surface area (Å²) in [5.74, 6) is -0.665. The van der Waals surface area contributed by atoms with Gasteiger partial charge in [-0.2, -0.15) is 0 Å². The van der Waals surface area contributed by atoms with Gasteiger partial charge in [-0.05, 0) is 50.0 Å². The lowest BCUT2D eigenvalue weighted by Crippen LogP contribution is -2.43. The Hall–Kier alpha value is -0.870. The van der Waals surface area contributed by atoms with Crippen LogP contribution in [0.1, 0.15) is 18.4 Å². The second-order valence-corrected chi connectivity index (χ2v) is 5.55. The van der Waals surface area contributed by atoms with Crippen LogP contribution >= 0.6 is 15.9 Å². The van der Waals surface area contributed by atoms with Gasteiger partial charge < -0.3 is 10.4 Å². The van der Waals surface area contributed by atoms with Crippen molar-refractivity contribution in [3.8, 4) is 0 Å². The lowest BCUT2D eigenvalue weighted by Gasteiger charge is -2.33. The van der Waals surface area contributed by atoms with Crippen molar-refractivity contribution in [2.24, 2.45) is 5.41 Å². The quantitative estimate of drug-likeness (QED) is 0.901. The van der Waals surface area contributed by atoms with Crippen molar-refractivity contribution in [3.63, 3.8) is 0 Å². The molecule has 1 aliphatic rings. The van der Waals surface area contributed by atoms with E-state index in [4.69, 9.17) is 0 Å². The molecule has 92 valence electrons. The summed E-state index contributed by atoms with van der Waals surface area (Å²) in [5, 5.41) is 12.7. The highest BCUT2D eigenvalue weighted by molar-refractivity contribution is 9.10. The smallest absolute Gasteiger partial charge is 0.310 e. The summed E-state index contributed by atoms with van der Waals surface area (Å²) in [6, 6.07) is 7.92. The first-order chi connectivity index (χ1) is 8.12. The molecule has 0 aliphatic carbocycles. The van der Waals surface area contributed by atoms with Gasteiger partial charge in [0.05, 0.1) is 5.41 Å². The predicted octanol–water partition coefficient (Wildman–Crippen LogP) is 2.45. The van der Waals surface area contributed by atoms with E-state index < -0.39 is 11.4 Å². The minimum Gasteiger partial charge on any atom is -0.481 e. The Bertz CT molecular complexity index is 396. The Labute approximate surface area is 109 Å². The van der Waals surface area contributed by atoms with E-state index in [1.807, 2.05) is 24.3 Å². The number of benzene rings is 1. The molecule has 1 fully saturated rings. The average molecular weight is 298 g/mol. The van der Waals surface area contributed by atoms with Crippen molar-refractivity contribution in [1.82, 2.24) is 5.32 Å². The molecule has 1 saturated heterocycles. The molecule has 1 heterocycles. The van der Waals surface area contributed by atoms with Gasteiger partial charge in [0.1, 0.15) is 0 Å². The summed E-state index contributed by atoms with van der Waals surface area (Å²) < 4.78 is 1.02. The van der Waals surface area contributed by atoms with E-state index in [-0.39, 0.29) is 0 Å². The van der Waals surface area contributed by atoms with Gasteiger partial charge in [0, 0.05) is 4.47 Å². The molecular weight excluding hydrogens is 282 g/mol. The van der Waals surface area contributed by atoms with E-state index in [9.17, 15) is 9.90 Å². The second-order valence-electron chi connectivity index (χ2n) is 4.64. The molecule has 0 aromatic heterocycles. The monoisotopic (exact) mass is 297 g/mol. The number of nitrogens with one attached hydrogen (secondary N) is 1. The van der Waals surface area contributed by atoms with Crippen LogP contribution in [-0.2, 0) is 11.2 Å². The summed E-state index contributed by atoms with van der Waals surface area (Å²) >= 11 is 3.39. The van der Waals surface area contributed by atoms with E-state index in [0.29, 0.717) is 19.3 Å². The fraction of sp³-hybridized carbons (Fsp3) is 0.462. The Balaban J connectivity index is 2.17. The summed E-state index contributed by atoms with van der Waals surface area (Å²) in [6.45, 7) is 1.59. The van der Waals surface area contributed by atoms with Crippen LogP contribution in [0, 0.1) is 5.41 Å². The maximum Gasteiger partial charge on any atom is 0.310 e. The molecule has 0 bridgehead atoms. The lowest BCUT2D eigenvalue weighted by atomic mass is 9.74. The van der Waals surface area contributed by atoms with Gasteiger partial charge in [-0.1, -0.05) is 28.1 Å². The average Bonchev–Trinajstić information content (AvgIpc) is 2.33. The highest BCUT2D eigenvalue weighted by Crippen LogP contribution is 2.33. The topological polar surface area (TPSA) is 49.3 Å². The third-order valence-corrected chi connectivity index (χ3v) is 4.00. The zero-order chi connectivity index (χ0) is 12.3. The molecule has 1 aliphatic heterocycles. The SMILES string of the molecule is O=C(O)C1(Cc2ccc(Br)cc2)CCNCC1. The first-order valence-electron chi connectivity index (χ1n) is 5.81. The third-order valence-electron chi connectivity index (χ3n) is 3.47. The molecule has 1 aromatic rings. The number of piperidine rings is 1. The van der Waals surface area contributed by atoms with Gasteiger partial charge in [-0.25, -0.2) is 0 Å². The van der Waals surface area contributed by atoms with Crippen molar-refractivity contribution >= 4 is 21.9 Å². The molecule has 0 unspecified atom stereocenters. The van der Waals surface area contributed by atoms with E-state index >= 15 is 0 Å². The first kappa shape index (κ1) is 12.6. The molecular formula is C13H16BrNO2. The minimum atomic E-state index is -0.665. The van der Waals surface area contributed by atoms with Gasteiger partial charge in [0.25, 0.3) is 0 Å². The van der Waals surface area contributed by atoms with Crippen LogP contribution in [0.25, 0.3) is 0 Å². The number of carbonyl (C=O) groups is 1. The Kier molecular flexibility index (Phi) is 3.84. The number of carboxylic acid groups (broad SMARTS) is 1. The van der Waals surface area contributed by atoms with Crippen LogP contribution in [-0.4, -0.2) is 24.2 Å². The number of aliphatic carboxylic acids is 1. The third kappa shape index (κ3) is 2.87. The van der Waals surface area contributed by atoms with E-state index in [2.05, 4.69) is 21.2 Å². The number of carboxylic acids is 1. The molecule has 0 radical (unpaired) electrons. The minimum absolute atomic E-state index is 0.584. The van der Waals surface area contributed by atoms with E-state index in [1.54, 1.807) is 0 Å². The molecule has 4 heteroatoms.